The first-order valence-electron chi connectivity index (χ1n) is 7.54. The van der Waals surface area contributed by atoms with Crippen LogP contribution >= 0.6 is 11.3 Å². The number of carbonyl (C=O) groups excluding carboxylic acids is 1. The third kappa shape index (κ3) is 4.07. The van der Waals surface area contributed by atoms with Crippen LogP contribution in [0.1, 0.15) is 44.8 Å². The van der Waals surface area contributed by atoms with E-state index in [4.69, 9.17) is 0 Å². The van der Waals surface area contributed by atoms with Crippen molar-refractivity contribution in [3.63, 3.8) is 0 Å². The van der Waals surface area contributed by atoms with E-state index < -0.39 is 9.84 Å². The molecule has 1 atom stereocenters. The number of rotatable bonds is 2. The summed E-state index contributed by atoms with van der Waals surface area (Å²) in [4.78, 5) is 18.6. The SMILES string of the molecule is C[C@H]1CCN(C(=O)Cc2csc(C(C)(C)C)n2)CCS1(=O)=O. The van der Waals surface area contributed by atoms with Crippen LogP contribution in [0.5, 0.6) is 0 Å². The Morgan fingerprint density at radius 2 is 2.09 bits per heavy atom. The summed E-state index contributed by atoms with van der Waals surface area (Å²) in [6, 6.07) is 0. The van der Waals surface area contributed by atoms with Gasteiger partial charge in [0.15, 0.2) is 9.84 Å². The largest absolute Gasteiger partial charge is 0.341 e. The van der Waals surface area contributed by atoms with E-state index in [9.17, 15) is 13.2 Å². The van der Waals surface area contributed by atoms with Gasteiger partial charge in [-0.25, -0.2) is 13.4 Å². The predicted octanol–water partition coefficient (Wildman–Crippen LogP) is 2.02. The van der Waals surface area contributed by atoms with Gasteiger partial charge in [-0.05, 0) is 13.3 Å². The van der Waals surface area contributed by atoms with E-state index in [0.29, 0.717) is 19.5 Å². The van der Waals surface area contributed by atoms with Crippen LogP contribution in [0.25, 0.3) is 0 Å². The van der Waals surface area contributed by atoms with E-state index in [1.807, 2.05) is 5.38 Å². The summed E-state index contributed by atoms with van der Waals surface area (Å²) in [5.41, 5.74) is 0.762. The highest BCUT2D eigenvalue weighted by Gasteiger charge is 2.28. The van der Waals surface area contributed by atoms with E-state index in [0.717, 1.165) is 10.7 Å². The maximum atomic E-state index is 12.4. The molecule has 1 fully saturated rings. The molecule has 0 saturated carbocycles. The maximum absolute atomic E-state index is 12.4. The van der Waals surface area contributed by atoms with Crippen LogP contribution in [0, 0.1) is 0 Å². The smallest absolute Gasteiger partial charge is 0.228 e. The summed E-state index contributed by atoms with van der Waals surface area (Å²) >= 11 is 1.57. The zero-order valence-corrected chi connectivity index (χ0v) is 15.3. The second-order valence-corrected chi connectivity index (χ2v) is 10.3. The normalized spacial score (nSPS) is 22.4. The second-order valence-electron chi connectivity index (χ2n) is 6.92. The van der Waals surface area contributed by atoms with Gasteiger partial charge in [0, 0.05) is 23.9 Å². The molecule has 124 valence electrons. The van der Waals surface area contributed by atoms with Crippen LogP contribution in [0.2, 0.25) is 0 Å². The molecule has 0 bridgehead atoms. The van der Waals surface area contributed by atoms with Gasteiger partial charge in [-0.2, -0.15) is 0 Å². The molecule has 1 aromatic rings. The van der Waals surface area contributed by atoms with Crippen molar-refractivity contribution in [2.75, 3.05) is 18.8 Å². The fourth-order valence-corrected chi connectivity index (χ4v) is 4.57. The molecule has 1 aliphatic rings. The number of aromatic nitrogens is 1. The zero-order chi connectivity index (χ0) is 16.5. The first-order valence-corrected chi connectivity index (χ1v) is 10.1. The summed E-state index contributed by atoms with van der Waals surface area (Å²) in [5, 5.41) is 2.58. The molecule has 2 heterocycles. The third-order valence-electron chi connectivity index (χ3n) is 3.94. The van der Waals surface area contributed by atoms with Crippen LogP contribution in [-0.4, -0.2) is 48.3 Å². The number of nitrogens with zero attached hydrogens (tertiary/aromatic N) is 2. The Labute approximate surface area is 136 Å². The molecule has 0 radical (unpaired) electrons. The third-order valence-corrected chi connectivity index (χ3v) is 7.47. The van der Waals surface area contributed by atoms with Crippen molar-refractivity contribution < 1.29 is 13.2 Å². The van der Waals surface area contributed by atoms with Gasteiger partial charge in [0.1, 0.15) is 0 Å². The van der Waals surface area contributed by atoms with Gasteiger partial charge in [0.25, 0.3) is 0 Å². The topological polar surface area (TPSA) is 67.3 Å². The van der Waals surface area contributed by atoms with Crippen molar-refractivity contribution in [1.82, 2.24) is 9.88 Å². The van der Waals surface area contributed by atoms with E-state index in [2.05, 4.69) is 25.8 Å². The molecule has 0 unspecified atom stereocenters. The molecule has 5 nitrogen and oxygen atoms in total. The Morgan fingerprint density at radius 1 is 1.41 bits per heavy atom. The van der Waals surface area contributed by atoms with E-state index in [-0.39, 0.29) is 28.7 Å². The second kappa shape index (κ2) is 6.28. The molecule has 0 N–H and O–H groups in total. The summed E-state index contributed by atoms with van der Waals surface area (Å²) in [5.74, 6) is 0.0274. The highest BCUT2D eigenvalue weighted by molar-refractivity contribution is 7.92. The van der Waals surface area contributed by atoms with Crippen molar-refractivity contribution in [1.29, 1.82) is 0 Å². The summed E-state index contributed by atoms with van der Waals surface area (Å²) in [6.45, 7) is 8.81. The number of hydrogen-bond donors (Lipinski definition) is 0. The van der Waals surface area contributed by atoms with Gasteiger partial charge in [-0.15, -0.1) is 11.3 Å². The highest BCUT2D eigenvalue weighted by Crippen LogP contribution is 2.26. The number of sulfone groups is 1. The summed E-state index contributed by atoms with van der Waals surface area (Å²) < 4.78 is 23.8. The predicted molar refractivity (Wildman–Crippen MR) is 89.0 cm³/mol. The van der Waals surface area contributed by atoms with Crippen molar-refractivity contribution in [2.24, 2.45) is 0 Å². The van der Waals surface area contributed by atoms with Gasteiger partial charge < -0.3 is 4.90 Å². The molecule has 0 aliphatic carbocycles. The van der Waals surface area contributed by atoms with Crippen molar-refractivity contribution in [3.05, 3.63) is 16.1 Å². The fraction of sp³-hybridized carbons (Fsp3) is 0.733. The molecule has 0 spiro atoms. The number of hydrogen-bond acceptors (Lipinski definition) is 5. The Balaban J connectivity index is 2.02. The molecule has 1 aliphatic heterocycles. The lowest BCUT2D eigenvalue weighted by atomic mass is 9.98. The quantitative estimate of drug-likeness (QED) is 0.823. The van der Waals surface area contributed by atoms with E-state index in [1.165, 1.54) is 0 Å². The molecular formula is C15H24N2O3S2. The van der Waals surface area contributed by atoms with Gasteiger partial charge in [0.05, 0.1) is 28.1 Å². The average molecular weight is 345 g/mol. The monoisotopic (exact) mass is 344 g/mol. The van der Waals surface area contributed by atoms with Gasteiger partial charge in [0.2, 0.25) is 5.91 Å². The lowest BCUT2D eigenvalue weighted by molar-refractivity contribution is -0.130. The van der Waals surface area contributed by atoms with Gasteiger partial charge in [-0.1, -0.05) is 20.8 Å². The first-order chi connectivity index (χ1) is 10.1. The Kier molecular flexibility index (Phi) is 4.96. The number of carbonyl (C=O) groups is 1. The van der Waals surface area contributed by atoms with E-state index in [1.54, 1.807) is 23.2 Å². The fourth-order valence-electron chi connectivity index (χ4n) is 2.32. The van der Waals surface area contributed by atoms with Crippen LogP contribution in [-0.2, 0) is 26.5 Å². The molecule has 22 heavy (non-hydrogen) atoms. The van der Waals surface area contributed by atoms with Crippen LogP contribution < -0.4 is 0 Å². The minimum absolute atomic E-state index is 0.0158. The Bertz CT molecular complexity index is 644. The van der Waals surface area contributed by atoms with Crippen LogP contribution in [0.15, 0.2) is 5.38 Å². The first kappa shape index (κ1) is 17.4. The molecule has 2 rings (SSSR count). The molecule has 1 saturated heterocycles. The maximum Gasteiger partial charge on any atom is 0.228 e. The minimum Gasteiger partial charge on any atom is -0.341 e. The lowest BCUT2D eigenvalue weighted by Gasteiger charge is -2.19. The van der Waals surface area contributed by atoms with Crippen molar-refractivity contribution >= 4 is 27.1 Å². The lowest BCUT2D eigenvalue weighted by Crippen LogP contribution is -2.34. The molecular weight excluding hydrogens is 320 g/mol. The van der Waals surface area contributed by atoms with Crippen molar-refractivity contribution in [3.8, 4) is 0 Å². The average Bonchev–Trinajstić information content (AvgIpc) is 2.81. The highest BCUT2D eigenvalue weighted by atomic mass is 32.2. The molecule has 1 amide bonds. The standard InChI is InChI=1S/C15H24N2O3S2/c1-11-5-6-17(7-8-22(11,19)20)13(18)9-12-10-21-14(16-12)15(2,3)4/h10-11H,5-9H2,1-4H3/t11-/m0/s1. The molecule has 1 aromatic heterocycles. The Morgan fingerprint density at radius 3 is 2.68 bits per heavy atom. The van der Waals surface area contributed by atoms with E-state index >= 15 is 0 Å². The molecule has 7 heteroatoms. The minimum atomic E-state index is -3.06. The number of thiazole rings is 1. The zero-order valence-electron chi connectivity index (χ0n) is 13.6. The summed E-state index contributed by atoms with van der Waals surface area (Å²) in [6.07, 6.45) is 0.763. The summed E-state index contributed by atoms with van der Waals surface area (Å²) in [7, 11) is -3.06. The van der Waals surface area contributed by atoms with Crippen LogP contribution in [0.4, 0.5) is 0 Å². The Hall–Kier alpha value is -0.950. The molecule has 0 aromatic carbocycles. The van der Waals surface area contributed by atoms with Crippen molar-refractivity contribution in [2.45, 2.75) is 51.2 Å². The van der Waals surface area contributed by atoms with Gasteiger partial charge >= 0.3 is 0 Å². The van der Waals surface area contributed by atoms with Gasteiger partial charge in [-0.3, -0.25) is 4.79 Å². The van der Waals surface area contributed by atoms with Crippen LogP contribution in [0.3, 0.4) is 0 Å². The number of amides is 1.